The average molecular weight is 258 g/mol. The molecule has 2 N–H and O–H groups in total. The summed E-state index contributed by atoms with van der Waals surface area (Å²) in [5, 5.41) is 17.9. The Balaban J connectivity index is 4.20. The second-order valence-electron chi connectivity index (χ2n) is 4.99. The number of aliphatic carboxylic acids is 2. The summed E-state index contributed by atoms with van der Waals surface area (Å²) in [6.07, 6.45) is 6.40. The zero-order chi connectivity index (χ0) is 14.0. The van der Waals surface area contributed by atoms with Crippen LogP contribution in [0.2, 0.25) is 0 Å². The van der Waals surface area contributed by atoms with Crippen molar-refractivity contribution in [2.75, 3.05) is 0 Å². The molecule has 0 fully saturated rings. The third kappa shape index (κ3) is 8.09. The summed E-state index contributed by atoms with van der Waals surface area (Å²) in [4.78, 5) is 21.8. The monoisotopic (exact) mass is 258 g/mol. The van der Waals surface area contributed by atoms with Crippen molar-refractivity contribution in [3.8, 4) is 0 Å². The maximum Gasteiger partial charge on any atom is 0.306 e. The molecule has 0 saturated heterocycles. The third-order valence-electron chi connectivity index (χ3n) is 3.39. The predicted octanol–water partition coefficient (Wildman–Crippen LogP) is 3.55. The van der Waals surface area contributed by atoms with Crippen LogP contribution in [0, 0.1) is 11.8 Å². The molecule has 0 bridgehead atoms. The minimum absolute atomic E-state index is 0.000376. The first-order valence-electron chi connectivity index (χ1n) is 6.95. The smallest absolute Gasteiger partial charge is 0.306 e. The van der Waals surface area contributed by atoms with Crippen LogP contribution >= 0.6 is 0 Å². The van der Waals surface area contributed by atoms with Crippen LogP contribution in [0.3, 0.4) is 0 Å². The number of hydrogen-bond acceptors (Lipinski definition) is 2. The van der Waals surface area contributed by atoms with Crippen LogP contribution in [0.4, 0.5) is 0 Å². The molecule has 0 aromatic carbocycles. The molecule has 0 heterocycles. The van der Waals surface area contributed by atoms with Gasteiger partial charge in [-0.3, -0.25) is 9.59 Å². The number of unbranched alkanes of at least 4 members (excludes halogenated alkanes) is 3. The van der Waals surface area contributed by atoms with Gasteiger partial charge in [-0.2, -0.15) is 0 Å². The van der Waals surface area contributed by atoms with E-state index >= 15 is 0 Å². The molecule has 0 spiro atoms. The van der Waals surface area contributed by atoms with E-state index in [9.17, 15) is 9.59 Å². The molecule has 2 atom stereocenters. The van der Waals surface area contributed by atoms with Crippen molar-refractivity contribution < 1.29 is 19.8 Å². The Labute approximate surface area is 109 Å². The van der Waals surface area contributed by atoms with Crippen molar-refractivity contribution in [2.45, 2.75) is 65.2 Å². The van der Waals surface area contributed by atoms with Gasteiger partial charge in [0, 0.05) is 6.42 Å². The van der Waals surface area contributed by atoms with Crippen LogP contribution in [0.25, 0.3) is 0 Å². The normalized spacial score (nSPS) is 14.1. The van der Waals surface area contributed by atoms with Crippen molar-refractivity contribution in [1.29, 1.82) is 0 Å². The lowest BCUT2D eigenvalue weighted by atomic mass is 9.86. The molecule has 0 aliphatic carbocycles. The quantitative estimate of drug-likeness (QED) is 0.556. The zero-order valence-corrected chi connectivity index (χ0v) is 11.5. The van der Waals surface area contributed by atoms with Crippen molar-refractivity contribution >= 4 is 11.9 Å². The predicted molar refractivity (Wildman–Crippen MR) is 70.5 cm³/mol. The highest BCUT2D eigenvalue weighted by Gasteiger charge is 2.22. The highest BCUT2D eigenvalue weighted by molar-refractivity contribution is 5.70. The molecule has 4 heteroatoms. The molecule has 18 heavy (non-hydrogen) atoms. The highest BCUT2D eigenvalue weighted by atomic mass is 16.4. The van der Waals surface area contributed by atoms with E-state index in [4.69, 9.17) is 10.2 Å². The molecule has 0 aromatic heterocycles. The fourth-order valence-electron chi connectivity index (χ4n) is 2.25. The van der Waals surface area contributed by atoms with Crippen molar-refractivity contribution in [3.63, 3.8) is 0 Å². The van der Waals surface area contributed by atoms with Crippen molar-refractivity contribution in [3.05, 3.63) is 0 Å². The lowest BCUT2D eigenvalue weighted by Crippen LogP contribution is -2.19. The van der Waals surface area contributed by atoms with Gasteiger partial charge in [0.05, 0.1) is 5.92 Å². The van der Waals surface area contributed by atoms with E-state index in [1.54, 1.807) is 0 Å². The Kier molecular flexibility index (Phi) is 9.33. The molecule has 0 aromatic rings. The van der Waals surface area contributed by atoms with E-state index in [0.29, 0.717) is 12.8 Å². The Morgan fingerprint density at radius 3 is 2.17 bits per heavy atom. The van der Waals surface area contributed by atoms with E-state index in [0.717, 1.165) is 32.1 Å². The van der Waals surface area contributed by atoms with E-state index < -0.39 is 17.9 Å². The minimum atomic E-state index is -0.823. The molecular formula is C14H26O4. The fraction of sp³-hybridized carbons (Fsp3) is 0.857. The van der Waals surface area contributed by atoms with Crippen LogP contribution < -0.4 is 0 Å². The molecule has 0 amide bonds. The van der Waals surface area contributed by atoms with Gasteiger partial charge in [-0.25, -0.2) is 0 Å². The van der Waals surface area contributed by atoms with Gasteiger partial charge in [0.2, 0.25) is 0 Å². The molecule has 0 radical (unpaired) electrons. The number of carboxylic acid groups (broad SMARTS) is 2. The van der Waals surface area contributed by atoms with Gasteiger partial charge in [-0.05, 0) is 25.2 Å². The summed E-state index contributed by atoms with van der Waals surface area (Å²) >= 11 is 0. The maximum absolute atomic E-state index is 11.0. The number of carbonyl (C=O) groups is 2. The van der Waals surface area contributed by atoms with Gasteiger partial charge in [0.15, 0.2) is 0 Å². The fourth-order valence-corrected chi connectivity index (χ4v) is 2.25. The SMILES string of the molecule is CCCCCCC(CC(=O)O)CC(CC)C(=O)O. The molecule has 0 saturated carbocycles. The molecule has 0 aliphatic heterocycles. The Bertz CT molecular complexity index is 250. The van der Waals surface area contributed by atoms with E-state index in [-0.39, 0.29) is 12.3 Å². The van der Waals surface area contributed by atoms with Gasteiger partial charge < -0.3 is 10.2 Å². The standard InChI is InChI=1S/C14H26O4/c1-3-5-6-7-8-11(10-13(15)16)9-12(4-2)14(17)18/h11-12H,3-10H2,1-2H3,(H,15,16)(H,17,18). The summed E-state index contributed by atoms with van der Waals surface area (Å²) in [6.45, 7) is 3.97. The second kappa shape index (κ2) is 9.92. The number of rotatable bonds is 11. The summed E-state index contributed by atoms with van der Waals surface area (Å²) in [5.74, 6) is -2.03. The first-order chi connectivity index (χ1) is 8.51. The highest BCUT2D eigenvalue weighted by Crippen LogP contribution is 2.24. The lowest BCUT2D eigenvalue weighted by Gasteiger charge is -2.18. The second-order valence-corrected chi connectivity index (χ2v) is 4.99. The molecule has 4 nitrogen and oxygen atoms in total. The maximum atomic E-state index is 11.0. The topological polar surface area (TPSA) is 74.6 Å². The zero-order valence-electron chi connectivity index (χ0n) is 11.5. The molecular weight excluding hydrogens is 232 g/mol. The van der Waals surface area contributed by atoms with E-state index in [1.165, 1.54) is 0 Å². The van der Waals surface area contributed by atoms with E-state index in [1.807, 2.05) is 6.92 Å². The average Bonchev–Trinajstić information content (AvgIpc) is 2.29. The first-order valence-corrected chi connectivity index (χ1v) is 6.95. The minimum Gasteiger partial charge on any atom is -0.481 e. The first kappa shape index (κ1) is 16.9. The van der Waals surface area contributed by atoms with Crippen molar-refractivity contribution in [1.82, 2.24) is 0 Å². The van der Waals surface area contributed by atoms with Crippen LogP contribution in [-0.2, 0) is 9.59 Å². The Morgan fingerprint density at radius 2 is 1.72 bits per heavy atom. The molecule has 2 unspecified atom stereocenters. The summed E-state index contributed by atoms with van der Waals surface area (Å²) < 4.78 is 0. The van der Waals surface area contributed by atoms with Crippen LogP contribution in [-0.4, -0.2) is 22.2 Å². The lowest BCUT2D eigenvalue weighted by molar-refractivity contribution is -0.144. The largest absolute Gasteiger partial charge is 0.481 e. The molecule has 106 valence electrons. The van der Waals surface area contributed by atoms with Gasteiger partial charge in [0.25, 0.3) is 0 Å². The van der Waals surface area contributed by atoms with Crippen LogP contribution in [0.15, 0.2) is 0 Å². The van der Waals surface area contributed by atoms with E-state index in [2.05, 4.69) is 6.92 Å². The Hall–Kier alpha value is -1.06. The van der Waals surface area contributed by atoms with Crippen LogP contribution in [0.5, 0.6) is 0 Å². The molecule has 0 aliphatic rings. The van der Waals surface area contributed by atoms with Gasteiger partial charge in [-0.15, -0.1) is 0 Å². The Morgan fingerprint density at radius 1 is 1.06 bits per heavy atom. The summed E-state index contributed by atoms with van der Waals surface area (Å²) in [7, 11) is 0. The number of hydrogen-bond donors (Lipinski definition) is 2. The summed E-state index contributed by atoms with van der Waals surface area (Å²) in [6, 6.07) is 0. The van der Waals surface area contributed by atoms with Gasteiger partial charge >= 0.3 is 11.9 Å². The third-order valence-corrected chi connectivity index (χ3v) is 3.39. The summed E-state index contributed by atoms with van der Waals surface area (Å²) in [5.41, 5.74) is 0. The van der Waals surface area contributed by atoms with Crippen LogP contribution in [0.1, 0.15) is 65.2 Å². The number of carboxylic acids is 2. The van der Waals surface area contributed by atoms with Gasteiger partial charge in [-0.1, -0.05) is 39.5 Å². The van der Waals surface area contributed by atoms with Gasteiger partial charge in [0.1, 0.15) is 0 Å². The van der Waals surface area contributed by atoms with Crippen molar-refractivity contribution in [2.24, 2.45) is 11.8 Å². The molecule has 0 rings (SSSR count).